The number of anilines is 1. The zero-order valence-electron chi connectivity index (χ0n) is 12.4. The zero-order chi connectivity index (χ0) is 15.7. The molecule has 0 saturated carbocycles. The first-order valence-corrected chi connectivity index (χ1v) is 7.41. The highest BCUT2D eigenvalue weighted by molar-refractivity contribution is 6.31. The van der Waals surface area contributed by atoms with Crippen molar-refractivity contribution in [3.8, 4) is 6.07 Å². The van der Waals surface area contributed by atoms with Crippen LogP contribution in [0.5, 0.6) is 0 Å². The average molecular weight is 318 g/mol. The van der Waals surface area contributed by atoms with Crippen LogP contribution in [0.25, 0.3) is 0 Å². The number of hydrogen-bond acceptors (Lipinski definition) is 5. The predicted octanol–water partition coefficient (Wildman–Crippen LogP) is 2.59. The monoisotopic (exact) mass is 317 g/mol. The third kappa shape index (κ3) is 2.65. The minimum absolute atomic E-state index is 0.0725. The molecule has 1 aliphatic heterocycles. The molecule has 0 aromatic carbocycles. The molecule has 1 saturated heterocycles. The maximum absolute atomic E-state index is 9.01. The largest absolute Gasteiger partial charge is 0.371 e. The zero-order valence-corrected chi connectivity index (χ0v) is 13.1. The summed E-state index contributed by atoms with van der Waals surface area (Å²) >= 11 is 5.91. The molecule has 7 heteroatoms. The second-order valence-corrected chi connectivity index (χ2v) is 5.69. The van der Waals surface area contributed by atoms with E-state index in [1.165, 1.54) is 0 Å². The molecule has 22 heavy (non-hydrogen) atoms. The Bertz CT molecular complexity index is 736. The summed E-state index contributed by atoms with van der Waals surface area (Å²) in [5.41, 5.74) is 2.38. The Hall–Kier alpha value is -2.10. The van der Waals surface area contributed by atoms with Crippen LogP contribution < -0.4 is 5.32 Å². The first-order chi connectivity index (χ1) is 10.6. The fourth-order valence-corrected chi connectivity index (χ4v) is 2.78. The van der Waals surface area contributed by atoms with Gasteiger partial charge in [0.25, 0.3) is 0 Å². The van der Waals surface area contributed by atoms with Crippen molar-refractivity contribution in [2.24, 2.45) is 7.05 Å². The van der Waals surface area contributed by atoms with Gasteiger partial charge in [0.1, 0.15) is 18.0 Å². The van der Waals surface area contributed by atoms with Gasteiger partial charge in [0.05, 0.1) is 17.3 Å². The summed E-state index contributed by atoms with van der Waals surface area (Å²) in [5, 5.41) is 17.0. The predicted molar refractivity (Wildman–Crippen MR) is 82.6 cm³/mol. The lowest BCUT2D eigenvalue weighted by atomic mass is 10.0. The summed E-state index contributed by atoms with van der Waals surface area (Å²) < 4.78 is 7.70. The normalized spacial score (nSPS) is 20.8. The molecule has 1 fully saturated rings. The molecule has 114 valence electrons. The number of nitrogens with one attached hydrogen (secondary N) is 1. The van der Waals surface area contributed by atoms with Gasteiger partial charge in [0, 0.05) is 24.9 Å². The molecule has 1 aliphatic rings. The van der Waals surface area contributed by atoms with E-state index in [1.807, 2.05) is 30.9 Å². The first-order valence-electron chi connectivity index (χ1n) is 7.03. The number of aryl methyl sites for hydroxylation is 1. The van der Waals surface area contributed by atoms with Gasteiger partial charge in [-0.1, -0.05) is 11.6 Å². The Morgan fingerprint density at radius 3 is 3.00 bits per heavy atom. The molecule has 2 atom stereocenters. The number of nitrogens with zero attached hydrogens (tertiary/aromatic N) is 4. The lowest BCUT2D eigenvalue weighted by Gasteiger charge is -2.20. The maximum Gasteiger partial charge on any atom is 0.161 e. The lowest BCUT2D eigenvalue weighted by molar-refractivity contribution is 0.107. The number of ether oxygens (including phenoxy) is 1. The van der Waals surface area contributed by atoms with Gasteiger partial charge in [0.2, 0.25) is 0 Å². The van der Waals surface area contributed by atoms with E-state index in [-0.39, 0.29) is 17.8 Å². The van der Waals surface area contributed by atoms with Crippen molar-refractivity contribution in [1.29, 1.82) is 5.26 Å². The summed E-state index contributed by atoms with van der Waals surface area (Å²) in [5.74, 6) is 0.628. The topological polar surface area (TPSA) is 75.8 Å². The van der Waals surface area contributed by atoms with Gasteiger partial charge in [-0.25, -0.2) is 4.98 Å². The number of aromatic nitrogens is 3. The highest BCUT2D eigenvalue weighted by atomic mass is 35.5. The van der Waals surface area contributed by atoms with E-state index in [9.17, 15) is 0 Å². The summed E-state index contributed by atoms with van der Waals surface area (Å²) in [6, 6.07) is 5.52. The van der Waals surface area contributed by atoms with Crippen LogP contribution in [0.3, 0.4) is 0 Å². The fraction of sp³-hybridized carbons (Fsp3) is 0.400. The Morgan fingerprint density at radius 2 is 2.32 bits per heavy atom. The average Bonchev–Trinajstić information content (AvgIpc) is 3.09. The molecule has 6 nitrogen and oxygen atoms in total. The Balaban J connectivity index is 1.82. The highest BCUT2D eigenvalue weighted by Crippen LogP contribution is 2.33. The molecular formula is C15H16ClN5O. The Labute approximate surface area is 133 Å². The van der Waals surface area contributed by atoms with E-state index in [0.29, 0.717) is 17.4 Å². The van der Waals surface area contributed by atoms with E-state index in [0.717, 1.165) is 17.7 Å². The molecule has 0 amide bonds. The van der Waals surface area contributed by atoms with Gasteiger partial charge in [0.15, 0.2) is 5.69 Å². The lowest BCUT2D eigenvalue weighted by Crippen LogP contribution is -2.24. The van der Waals surface area contributed by atoms with Crippen LogP contribution >= 0.6 is 11.6 Å². The number of pyridine rings is 1. The molecule has 3 rings (SSSR count). The summed E-state index contributed by atoms with van der Waals surface area (Å²) in [4.78, 5) is 4.23. The Morgan fingerprint density at radius 1 is 1.50 bits per heavy atom. The van der Waals surface area contributed by atoms with E-state index in [1.54, 1.807) is 12.1 Å². The van der Waals surface area contributed by atoms with Crippen molar-refractivity contribution in [3.05, 3.63) is 40.3 Å². The van der Waals surface area contributed by atoms with Gasteiger partial charge < -0.3 is 10.1 Å². The molecule has 2 aromatic heterocycles. The molecule has 2 aromatic rings. The molecule has 0 radical (unpaired) electrons. The van der Waals surface area contributed by atoms with Gasteiger partial charge in [-0.05, 0) is 25.5 Å². The highest BCUT2D eigenvalue weighted by Gasteiger charge is 2.32. The van der Waals surface area contributed by atoms with Crippen LogP contribution in [0.2, 0.25) is 5.02 Å². The van der Waals surface area contributed by atoms with E-state index < -0.39 is 0 Å². The SMILES string of the molecule is Cc1c([C@H]2OCC[C@@H]2Nc2ccc(Cl)c(C#N)n2)cnn1C. The molecule has 0 unspecified atom stereocenters. The van der Waals surface area contributed by atoms with Gasteiger partial charge in [-0.2, -0.15) is 10.4 Å². The van der Waals surface area contributed by atoms with Crippen molar-refractivity contribution in [3.63, 3.8) is 0 Å². The van der Waals surface area contributed by atoms with Crippen molar-refractivity contribution < 1.29 is 4.74 Å². The van der Waals surface area contributed by atoms with E-state index in [4.69, 9.17) is 21.6 Å². The Kier molecular flexibility index (Phi) is 4.01. The van der Waals surface area contributed by atoms with Crippen LogP contribution in [-0.2, 0) is 11.8 Å². The number of halogens is 1. The van der Waals surface area contributed by atoms with Crippen molar-refractivity contribution >= 4 is 17.4 Å². The fourth-order valence-electron chi connectivity index (χ4n) is 2.63. The van der Waals surface area contributed by atoms with Gasteiger partial charge >= 0.3 is 0 Å². The number of hydrogen-bond donors (Lipinski definition) is 1. The second kappa shape index (κ2) is 5.95. The summed E-state index contributed by atoms with van der Waals surface area (Å²) in [6.45, 7) is 2.70. The minimum atomic E-state index is -0.0725. The van der Waals surface area contributed by atoms with Crippen molar-refractivity contribution in [2.45, 2.75) is 25.5 Å². The van der Waals surface area contributed by atoms with E-state index >= 15 is 0 Å². The molecule has 0 aliphatic carbocycles. The molecule has 0 spiro atoms. The molecule has 3 heterocycles. The minimum Gasteiger partial charge on any atom is -0.371 e. The van der Waals surface area contributed by atoms with Crippen LogP contribution in [0.15, 0.2) is 18.3 Å². The standard InChI is InChI=1S/C15H16ClN5O/c1-9-10(8-18-21(9)2)15-12(5-6-22-15)19-14-4-3-11(16)13(7-17)20-14/h3-4,8,12,15H,5-6H2,1-2H3,(H,19,20)/t12-,15+/m0/s1. The van der Waals surface area contributed by atoms with Crippen LogP contribution in [0.1, 0.15) is 29.5 Å². The summed E-state index contributed by atoms with van der Waals surface area (Å²) in [7, 11) is 1.91. The van der Waals surface area contributed by atoms with E-state index in [2.05, 4.69) is 15.4 Å². The first kappa shape index (κ1) is 14.8. The second-order valence-electron chi connectivity index (χ2n) is 5.28. The van der Waals surface area contributed by atoms with Crippen molar-refractivity contribution in [1.82, 2.24) is 14.8 Å². The van der Waals surface area contributed by atoms with Gasteiger partial charge in [-0.15, -0.1) is 0 Å². The maximum atomic E-state index is 9.01. The summed E-state index contributed by atoms with van der Waals surface area (Å²) in [6.07, 6.45) is 2.64. The van der Waals surface area contributed by atoms with Gasteiger partial charge in [-0.3, -0.25) is 4.68 Å². The number of nitriles is 1. The number of rotatable bonds is 3. The molecule has 0 bridgehead atoms. The van der Waals surface area contributed by atoms with Crippen molar-refractivity contribution in [2.75, 3.05) is 11.9 Å². The van der Waals surface area contributed by atoms with Crippen LogP contribution in [0, 0.1) is 18.3 Å². The van der Waals surface area contributed by atoms with Crippen LogP contribution in [-0.4, -0.2) is 27.4 Å². The molecule has 1 N–H and O–H groups in total. The third-order valence-corrected chi connectivity index (χ3v) is 4.26. The molecular weight excluding hydrogens is 302 g/mol. The smallest absolute Gasteiger partial charge is 0.161 e. The quantitative estimate of drug-likeness (QED) is 0.941. The third-order valence-electron chi connectivity index (χ3n) is 3.96. The van der Waals surface area contributed by atoms with Crippen LogP contribution in [0.4, 0.5) is 5.82 Å².